The molecule has 1 aromatic rings. The summed E-state index contributed by atoms with van der Waals surface area (Å²) in [5, 5.41) is 3.20. The molecule has 1 N–H and O–H groups in total. The highest BCUT2D eigenvalue weighted by molar-refractivity contribution is 5.92. The van der Waals surface area contributed by atoms with Crippen LogP contribution < -0.4 is 5.32 Å². The molecule has 96 valence electrons. The summed E-state index contributed by atoms with van der Waals surface area (Å²) in [5.41, 5.74) is 0.567. The van der Waals surface area contributed by atoms with Crippen LogP contribution in [0, 0.1) is 11.8 Å². The molecule has 4 nitrogen and oxygen atoms in total. The van der Waals surface area contributed by atoms with Gasteiger partial charge in [0.25, 0.3) is 5.91 Å². The Kier molecular flexibility index (Phi) is 3.04. The molecule has 1 aromatic heterocycles. The number of amides is 1. The second-order valence-corrected chi connectivity index (χ2v) is 5.38. The van der Waals surface area contributed by atoms with Crippen LogP contribution in [0.25, 0.3) is 0 Å². The highest BCUT2D eigenvalue weighted by Crippen LogP contribution is 2.47. The van der Waals surface area contributed by atoms with E-state index in [1.165, 1.54) is 6.42 Å². The molecule has 1 unspecified atom stereocenters. The summed E-state index contributed by atoms with van der Waals surface area (Å²) >= 11 is 0. The lowest BCUT2D eigenvalue weighted by Gasteiger charge is -2.35. The molecule has 3 rings (SSSR count). The number of hydrogen-bond donors (Lipinski definition) is 1. The van der Waals surface area contributed by atoms with Crippen molar-refractivity contribution in [1.82, 2.24) is 15.2 Å². The van der Waals surface area contributed by atoms with Gasteiger partial charge in [0.15, 0.2) is 0 Å². The van der Waals surface area contributed by atoms with Crippen LogP contribution in [0.2, 0.25) is 0 Å². The second kappa shape index (κ2) is 4.69. The van der Waals surface area contributed by atoms with E-state index < -0.39 is 0 Å². The maximum absolute atomic E-state index is 12.5. The molecule has 4 heteroatoms. The van der Waals surface area contributed by atoms with Crippen molar-refractivity contribution in [3.8, 4) is 0 Å². The number of aromatic nitrogens is 1. The minimum atomic E-state index is 0.0844. The number of carbonyl (C=O) groups is 1. The summed E-state index contributed by atoms with van der Waals surface area (Å²) in [7, 11) is 1.95. The van der Waals surface area contributed by atoms with Gasteiger partial charge >= 0.3 is 0 Å². The largest absolute Gasteiger partial charge is 0.333 e. The van der Waals surface area contributed by atoms with Gasteiger partial charge in [-0.05, 0) is 43.9 Å². The van der Waals surface area contributed by atoms with Gasteiger partial charge in [0.2, 0.25) is 0 Å². The number of hydrogen-bond acceptors (Lipinski definition) is 3. The van der Waals surface area contributed by atoms with E-state index in [2.05, 4.69) is 10.3 Å². The van der Waals surface area contributed by atoms with Crippen molar-refractivity contribution in [3.63, 3.8) is 0 Å². The van der Waals surface area contributed by atoms with Crippen molar-refractivity contribution in [2.24, 2.45) is 11.8 Å². The number of piperidine rings is 1. The average molecular weight is 245 g/mol. The van der Waals surface area contributed by atoms with E-state index in [-0.39, 0.29) is 5.91 Å². The molecule has 3 atom stereocenters. The van der Waals surface area contributed by atoms with Gasteiger partial charge in [-0.3, -0.25) is 9.78 Å². The normalized spacial score (nSPS) is 29.8. The van der Waals surface area contributed by atoms with Crippen LogP contribution in [0.5, 0.6) is 0 Å². The lowest BCUT2D eigenvalue weighted by atomic mass is 10.0. The molecule has 0 bridgehead atoms. The Morgan fingerprint density at radius 3 is 3.06 bits per heavy atom. The Labute approximate surface area is 107 Å². The maximum Gasteiger partial charge on any atom is 0.272 e. The highest BCUT2D eigenvalue weighted by atomic mass is 16.2. The molecular formula is C14H19N3O. The Morgan fingerprint density at radius 2 is 2.33 bits per heavy atom. The highest BCUT2D eigenvalue weighted by Gasteiger charge is 2.46. The van der Waals surface area contributed by atoms with E-state index in [9.17, 15) is 4.79 Å². The van der Waals surface area contributed by atoms with Crippen LogP contribution in [0.1, 0.15) is 23.3 Å². The zero-order chi connectivity index (χ0) is 12.5. The number of likely N-dealkylation sites (N-methyl/N-ethyl adjacent to an activating group) is 1. The van der Waals surface area contributed by atoms with Crippen molar-refractivity contribution in [2.45, 2.75) is 18.9 Å². The first kappa shape index (κ1) is 11.7. The fraction of sp³-hybridized carbons (Fsp3) is 0.571. The van der Waals surface area contributed by atoms with Gasteiger partial charge in [-0.1, -0.05) is 6.07 Å². The summed E-state index contributed by atoms with van der Waals surface area (Å²) < 4.78 is 0. The first-order chi connectivity index (χ1) is 8.79. The van der Waals surface area contributed by atoms with Crippen LogP contribution in [0.3, 0.4) is 0 Å². The number of pyridine rings is 1. The topological polar surface area (TPSA) is 45.2 Å². The third-order valence-electron chi connectivity index (χ3n) is 4.10. The first-order valence-electron chi connectivity index (χ1n) is 6.66. The monoisotopic (exact) mass is 245 g/mol. The molecule has 1 aliphatic heterocycles. The van der Waals surface area contributed by atoms with E-state index in [4.69, 9.17) is 0 Å². The van der Waals surface area contributed by atoms with Crippen molar-refractivity contribution in [2.75, 3.05) is 20.1 Å². The maximum atomic E-state index is 12.5. The fourth-order valence-electron chi connectivity index (χ4n) is 3.02. The molecule has 2 fully saturated rings. The molecule has 2 aliphatic rings. The molecule has 0 spiro atoms. The standard InChI is InChI=1S/C14H19N3O/c1-15-8-12-7-10-6-11(10)9-17(12)14(18)13-4-2-3-5-16-13/h2-5,10-12,15H,6-9H2,1H3/t10?,11-,12-/m0/s1. The number of likely N-dealkylation sites (tertiary alicyclic amines) is 1. The Hall–Kier alpha value is -1.42. The van der Waals surface area contributed by atoms with Gasteiger partial charge in [-0.15, -0.1) is 0 Å². The third-order valence-corrected chi connectivity index (χ3v) is 4.10. The third kappa shape index (κ3) is 2.12. The molecule has 0 radical (unpaired) electrons. The number of carbonyl (C=O) groups excluding carboxylic acids is 1. The lowest BCUT2D eigenvalue weighted by molar-refractivity contribution is 0.0596. The average Bonchev–Trinajstić information content (AvgIpc) is 3.16. The Balaban J connectivity index is 1.78. The van der Waals surface area contributed by atoms with E-state index in [0.717, 1.165) is 31.3 Å². The predicted molar refractivity (Wildman–Crippen MR) is 69.2 cm³/mol. The van der Waals surface area contributed by atoms with Crippen LogP contribution in [0.15, 0.2) is 24.4 Å². The molecule has 1 saturated carbocycles. The van der Waals surface area contributed by atoms with Crippen molar-refractivity contribution >= 4 is 5.91 Å². The van der Waals surface area contributed by atoms with Crippen LogP contribution in [-0.4, -0.2) is 42.0 Å². The molecule has 1 amide bonds. The van der Waals surface area contributed by atoms with Gasteiger partial charge in [0, 0.05) is 25.3 Å². The van der Waals surface area contributed by atoms with Crippen molar-refractivity contribution < 1.29 is 4.79 Å². The summed E-state index contributed by atoms with van der Waals surface area (Å²) in [6.07, 6.45) is 4.13. The minimum Gasteiger partial charge on any atom is -0.333 e. The molecular weight excluding hydrogens is 226 g/mol. The predicted octanol–water partition coefficient (Wildman–Crippen LogP) is 1.15. The molecule has 1 saturated heterocycles. The van der Waals surface area contributed by atoms with E-state index in [1.54, 1.807) is 12.3 Å². The molecule has 18 heavy (non-hydrogen) atoms. The summed E-state index contributed by atoms with van der Waals surface area (Å²) in [5.74, 6) is 1.68. The van der Waals surface area contributed by atoms with Crippen molar-refractivity contribution in [3.05, 3.63) is 30.1 Å². The number of rotatable bonds is 3. The summed E-state index contributed by atoms with van der Waals surface area (Å²) in [4.78, 5) is 18.7. The van der Waals surface area contributed by atoms with E-state index in [0.29, 0.717) is 11.7 Å². The van der Waals surface area contributed by atoms with Gasteiger partial charge in [0.05, 0.1) is 0 Å². The van der Waals surface area contributed by atoms with Crippen LogP contribution >= 0.6 is 0 Å². The molecule has 0 aromatic carbocycles. The van der Waals surface area contributed by atoms with Crippen LogP contribution in [0.4, 0.5) is 0 Å². The van der Waals surface area contributed by atoms with Gasteiger partial charge in [-0.25, -0.2) is 0 Å². The van der Waals surface area contributed by atoms with Gasteiger partial charge < -0.3 is 10.2 Å². The number of fused-ring (bicyclic) bond motifs is 1. The zero-order valence-corrected chi connectivity index (χ0v) is 10.7. The zero-order valence-electron chi connectivity index (χ0n) is 10.7. The fourth-order valence-corrected chi connectivity index (χ4v) is 3.02. The minimum absolute atomic E-state index is 0.0844. The quantitative estimate of drug-likeness (QED) is 0.869. The lowest BCUT2D eigenvalue weighted by Crippen LogP contribution is -2.49. The Morgan fingerprint density at radius 1 is 1.44 bits per heavy atom. The number of nitrogens with zero attached hydrogens (tertiary/aromatic N) is 2. The molecule has 2 heterocycles. The van der Waals surface area contributed by atoms with E-state index in [1.807, 2.05) is 24.1 Å². The first-order valence-corrected chi connectivity index (χ1v) is 6.66. The van der Waals surface area contributed by atoms with Crippen molar-refractivity contribution in [1.29, 1.82) is 0 Å². The summed E-state index contributed by atoms with van der Waals surface area (Å²) in [6, 6.07) is 5.84. The smallest absolute Gasteiger partial charge is 0.272 e. The second-order valence-electron chi connectivity index (χ2n) is 5.38. The summed E-state index contributed by atoms with van der Waals surface area (Å²) in [6.45, 7) is 1.79. The molecule has 1 aliphatic carbocycles. The van der Waals surface area contributed by atoms with Crippen LogP contribution in [-0.2, 0) is 0 Å². The van der Waals surface area contributed by atoms with E-state index >= 15 is 0 Å². The number of nitrogens with one attached hydrogen (secondary N) is 1. The van der Waals surface area contributed by atoms with Gasteiger partial charge in [0.1, 0.15) is 5.69 Å². The SMILES string of the molecule is CNC[C@@H]1CC2C[C@H]2CN1C(=O)c1ccccn1. The van der Waals surface area contributed by atoms with Gasteiger partial charge in [-0.2, -0.15) is 0 Å². The Bertz CT molecular complexity index is 434.